The Bertz CT molecular complexity index is 737. The highest BCUT2D eigenvalue weighted by atomic mass is 16.6. The van der Waals surface area contributed by atoms with Gasteiger partial charge in [0.1, 0.15) is 11.6 Å². The molecule has 2 aromatic rings. The van der Waals surface area contributed by atoms with Gasteiger partial charge in [-0.25, -0.2) is 4.79 Å². The lowest BCUT2D eigenvalue weighted by molar-refractivity contribution is -0.384. The fourth-order valence-corrected chi connectivity index (χ4v) is 1.82. The Morgan fingerprint density at radius 2 is 1.76 bits per heavy atom. The minimum Gasteiger partial charge on any atom is -0.478 e. The molecular weight excluding hydrogens is 280 g/mol. The van der Waals surface area contributed by atoms with Crippen molar-refractivity contribution in [3.63, 3.8) is 0 Å². The normalized spacial score (nSPS) is 10.3. The average molecular weight is 290 g/mol. The molecular formula is C11H10N6O4. The van der Waals surface area contributed by atoms with Crippen molar-refractivity contribution >= 4 is 29.2 Å². The third kappa shape index (κ3) is 2.49. The lowest BCUT2D eigenvalue weighted by Gasteiger charge is -2.10. The summed E-state index contributed by atoms with van der Waals surface area (Å²) < 4.78 is 0. The molecule has 1 aromatic heterocycles. The first kappa shape index (κ1) is 14.0. The summed E-state index contributed by atoms with van der Waals surface area (Å²) >= 11 is 0. The predicted octanol–water partition coefficient (Wildman–Crippen LogP) is 0.497. The molecule has 0 saturated heterocycles. The number of carbonyl (C=O) groups is 1. The van der Waals surface area contributed by atoms with Gasteiger partial charge in [-0.15, -0.1) is 0 Å². The van der Waals surface area contributed by atoms with E-state index in [1.54, 1.807) is 0 Å². The number of aromatic carboxylic acids is 1. The van der Waals surface area contributed by atoms with Gasteiger partial charge >= 0.3 is 5.97 Å². The predicted molar refractivity (Wildman–Crippen MR) is 74.3 cm³/mol. The summed E-state index contributed by atoms with van der Waals surface area (Å²) in [5.74, 6) is -1.79. The Morgan fingerprint density at radius 3 is 2.24 bits per heavy atom. The van der Waals surface area contributed by atoms with Crippen molar-refractivity contribution in [3.05, 3.63) is 33.9 Å². The van der Waals surface area contributed by atoms with E-state index >= 15 is 0 Å². The van der Waals surface area contributed by atoms with E-state index in [-0.39, 0.29) is 40.0 Å². The van der Waals surface area contributed by atoms with E-state index in [1.807, 2.05) is 0 Å². The van der Waals surface area contributed by atoms with Crippen LogP contribution in [0.2, 0.25) is 0 Å². The molecule has 10 nitrogen and oxygen atoms in total. The van der Waals surface area contributed by atoms with Gasteiger partial charge in [-0.1, -0.05) is 0 Å². The summed E-state index contributed by atoms with van der Waals surface area (Å²) in [5.41, 5.74) is 16.1. The van der Waals surface area contributed by atoms with E-state index in [0.29, 0.717) is 0 Å². The number of benzene rings is 1. The number of rotatable bonds is 3. The molecule has 2 rings (SSSR count). The van der Waals surface area contributed by atoms with Crippen molar-refractivity contribution < 1.29 is 14.8 Å². The number of anilines is 3. The van der Waals surface area contributed by atoms with Gasteiger partial charge in [0.25, 0.3) is 5.69 Å². The molecule has 0 spiro atoms. The van der Waals surface area contributed by atoms with Gasteiger partial charge in [0.2, 0.25) is 5.95 Å². The molecule has 108 valence electrons. The molecule has 0 saturated carbocycles. The van der Waals surface area contributed by atoms with Gasteiger partial charge in [0, 0.05) is 6.07 Å². The molecule has 0 amide bonds. The molecule has 0 fully saturated rings. The second kappa shape index (κ2) is 4.92. The summed E-state index contributed by atoms with van der Waals surface area (Å²) in [4.78, 5) is 28.8. The van der Waals surface area contributed by atoms with Gasteiger partial charge in [-0.05, 0) is 12.1 Å². The van der Waals surface area contributed by atoms with Gasteiger partial charge in [-0.2, -0.15) is 9.97 Å². The third-order valence-electron chi connectivity index (χ3n) is 2.69. The van der Waals surface area contributed by atoms with E-state index in [4.69, 9.17) is 22.3 Å². The standard InChI is InChI=1S/C11H10N6O4/c12-8-7(9(13)16-11(14)15-8)5-3-4(10(18)19)1-2-6(5)17(20)21/h1-3H,(H,18,19)(H6,12,13,14,15,16). The molecule has 10 heteroatoms. The van der Waals surface area contributed by atoms with Gasteiger partial charge in [0.15, 0.2) is 0 Å². The zero-order valence-corrected chi connectivity index (χ0v) is 10.5. The minimum atomic E-state index is -1.25. The second-order valence-electron chi connectivity index (χ2n) is 4.02. The van der Waals surface area contributed by atoms with Crippen LogP contribution in [0.3, 0.4) is 0 Å². The molecule has 1 heterocycles. The monoisotopic (exact) mass is 290 g/mol. The Hall–Kier alpha value is -3.43. The van der Waals surface area contributed by atoms with E-state index < -0.39 is 10.9 Å². The summed E-state index contributed by atoms with van der Waals surface area (Å²) in [6, 6.07) is 3.24. The third-order valence-corrected chi connectivity index (χ3v) is 2.69. The average Bonchev–Trinajstić information content (AvgIpc) is 2.36. The number of carboxylic acids is 1. The van der Waals surface area contributed by atoms with E-state index in [9.17, 15) is 14.9 Å². The molecule has 0 aliphatic carbocycles. The molecule has 0 aliphatic heterocycles. The van der Waals surface area contributed by atoms with Crippen LogP contribution in [0, 0.1) is 10.1 Å². The number of nitrogens with two attached hydrogens (primary N) is 3. The van der Waals surface area contributed by atoms with Gasteiger partial charge < -0.3 is 22.3 Å². The molecule has 7 N–H and O–H groups in total. The largest absolute Gasteiger partial charge is 0.478 e. The minimum absolute atomic E-state index is 0.0287. The van der Waals surface area contributed by atoms with Crippen LogP contribution in [-0.2, 0) is 0 Å². The van der Waals surface area contributed by atoms with Gasteiger partial charge in [-0.3, -0.25) is 10.1 Å². The van der Waals surface area contributed by atoms with Crippen molar-refractivity contribution in [3.8, 4) is 11.1 Å². The molecule has 0 unspecified atom stereocenters. The van der Waals surface area contributed by atoms with Crippen LogP contribution in [0.4, 0.5) is 23.3 Å². The Balaban J connectivity index is 2.81. The topological polar surface area (TPSA) is 184 Å². The summed E-state index contributed by atoms with van der Waals surface area (Å²) in [6.45, 7) is 0. The highest BCUT2D eigenvalue weighted by Gasteiger charge is 2.23. The van der Waals surface area contributed by atoms with Crippen LogP contribution in [0.1, 0.15) is 10.4 Å². The molecule has 0 radical (unpaired) electrons. The van der Waals surface area contributed by atoms with Crippen LogP contribution in [0.5, 0.6) is 0 Å². The van der Waals surface area contributed by atoms with Crippen molar-refractivity contribution in [2.24, 2.45) is 0 Å². The maximum Gasteiger partial charge on any atom is 0.335 e. The number of aromatic nitrogens is 2. The maximum absolute atomic E-state index is 11.1. The number of hydrogen-bond donors (Lipinski definition) is 4. The Morgan fingerprint density at radius 1 is 1.19 bits per heavy atom. The smallest absolute Gasteiger partial charge is 0.335 e. The van der Waals surface area contributed by atoms with Crippen LogP contribution in [0.15, 0.2) is 18.2 Å². The number of nitrogens with zero attached hydrogens (tertiary/aromatic N) is 3. The first-order valence-electron chi connectivity index (χ1n) is 5.51. The molecule has 21 heavy (non-hydrogen) atoms. The second-order valence-corrected chi connectivity index (χ2v) is 4.02. The molecule has 0 atom stereocenters. The van der Waals surface area contributed by atoms with Crippen LogP contribution in [-0.4, -0.2) is 26.0 Å². The Labute approximate surface area is 117 Å². The van der Waals surface area contributed by atoms with E-state index in [1.165, 1.54) is 0 Å². The number of nitro benzene ring substituents is 1. The Kier molecular flexibility index (Phi) is 3.28. The summed E-state index contributed by atoms with van der Waals surface area (Å²) in [6.07, 6.45) is 0. The highest BCUT2D eigenvalue weighted by molar-refractivity contribution is 5.94. The van der Waals surface area contributed by atoms with Crippen molar-refractivity contribution in [1.82, 2.24) is 9.97 Å². The van der Waals surface area contributed by atoms with Gasteiger partial charge in [0.05, 0.1) is 21.6 Å². The first-order chi connectivity index (χ1) is 9.81. The fraction of sp³-hybridized carbons (Fsp3) is 0. The quantitative estimate of drug-likeness (QED) is 0.461. The molecule has 1 aromatic carbocycles. The van der Waals surface area contributed by atoms with Crippen LogP contribution < -0.4 is 17.2 Å². The summed E-state index contributed by atoms with van der Waals surface area (Å²) in [5, 5.41) is 20.1. The maximum atomic E-state index is 11.1. The number of nitrogen functional groups attached to an aromatic ring is 3. The highest BCUT2D eigenvalue weighted by Crippen LogP contribution is 2.37. The van der Waals surface area contributed by atoms with Crippen molar-refractivity contribution in [2.45, 2.75) is 0 Å². The van der Waals surface area contributed by atoms with E-state index in [0.717, 1.165) is 18.2 Å². The fourth-order valence-electron chi connectivity index (χ4n) is 1.82. The van der Waals surface area contributed by atoms with E-state index in [2.05, 4.69) is 9.97 Å². The number of hydrogen-bond acceptors (Lipinski definition) is 8. The zero-order valence-electron chi connectivity index (χ0n) is 10.5. The first-order valence-corrected chi connectivity index (χ1v) is 5.51. The van der Waals surface area contributed by atoms with Crippen LogP contribution >= 0.6 is 0 Å². The van der Waals surface area contributed by atoms with Crippen LogP contribution in [0.25, 0.3) is 11.1 Å². The summed E-state index contributed by atoms with van der Waals surface area (Å²) in [7, 11) is 0. The number of carboxylic acid groups (broad SMARTS) is 1. The molecule has 0 aliphatic rings. The lowest BCUT2D eigenvalue weighted by atomic mass is 10.0. The number of nitro groups is 1. The van der Waals surface area contributed by atoms with Crippen molar-refractivity contribution in [1.29, 1.82) is 0 Å². The SMILES string of the molecule is Nc1nc(N)c(-c2cc(C(=O)O)ccc2[N+](=O)[O-])c(N)n1. The lowest BCUT2D eigenvalue weighted by Crippen LogP contribution is -2.08. The van der Waals surface area contributed by atoms with Crippen molar-refractivity contribution in [2.75, 3.05) is 17.2 Å². The molecule has 0 bridgehead atoms. The zero-order chi connectivity index (χ0) is 15.7.